The summed E-state index contributed by atoms with van der Waals surface area (Å²) in [5.41, 5.74) is 0.417. The number of hydrogen-bond acceptors (Lipinski definition) is 3. The summed E-state index contributed by atoms with van der Waals surface area (Å²) in [6.45, 7) is 2.96. The lowest BCUT2D eigenvalue weighted by Gasteiger charge is -2.32. The molecule has 2 rings (SSSR count). The van der Waals surface area contributed by atoms with Crippen molar-refractivity contribution in [2.45, 2.75) is 6.42 Å². The molecule has 0 saturated carbocycles. The van der Waals surface area contributed by atoms with Crippen LogP contribution in [0.3, 0.4) is 0 Å². The highest BCUT2D eigenvalue weighted by Crippen LogP contribution is 2.29. The predicted octanol–water partition coefficient (Wildman–Crippen LogP) is 2.10. The predicted molar refractivity (Wildman–Crippen MR) is 83.8 cm³/mol. The van der Waals surface area contributed by atoms with Crippen molar-refractivity contribution in [3.8, 4) is 0 Å². The Morgan fingerprint density at radius 1 is 1.19 bits per heavy atom. The zero-order valence-corrected chi connectivity index (χ0v) is 13.2. The zero-order chi connectivity index (χ0) is 15.4. The van der Waals surface area contributed by atoms with Crippen molar-refractivity contribution in [2.24, 2.45) is 0 Å². The molecule has 0 radical (unpaired) electrons. The lowest BCUT2D eigenvalue weighted by atomic mass is 10.2. The highest BCUT2D eigenvalue weighted by molar-refractivity contribution is 6.44. The van der Waals surface area contributed by atoms with Crippen LogP contribution in [0.4, 0.5) is 5.69 Å². The normalized spacial score (nSPS) is 15.9. The molecule has 0 aromatic heterocycles. The van der Waals surface area contributed by atoms with Crippen molar-refractivity contribution in [3.05, 3.63) is 28.2 Å². The number of nitrogens with one attached hydrogen (secondary N) is 1. The van der Waals surface area contributed by atoms with Crippen molar-refractivity contribution >= 4 is 40.7 Å². The van der Waals surface area contributed by atoms with Crippen LogP contribution in [0.25, 0.3) is 0 Å². The van der Waals surface area contributed by atoms with Gasteiger partial charge in [-0.25, -0.2) is 0 Å². The molecule has 1 fully saturated rings. The second kappa shape index (κ2) is 7.11. The van der Waals surface area contributed by atoms with Gasteiger partial charge >= 0.3 is 0 Å². The molecule has 5 nitrogen and oxygen atoms in total. The number of benzene rings is 1. The van der Waals surface area contributed by atoms with E-state index in [1.165, 1.54) is 0 Å². The minimum absolute atomic E-state index is 0.168. The Hall–Kier alpha value is -1.30. The van der Waals surface area contributed by atoms with Crippen LogP contribution in [-0.2, 0) is 9.59 Å². The number of likely N-dealkylation sites (N-methyl/N-ethyl adjacent to an activating group) is 1. The quantitative estimate of drug-likeness (QED) is 0.864. The number of halogens is 2. The highest BCUT2D eigenvalue weighted by Gasteiger charge is 2.21. The molecule has 0 unspecified atom stereocenters. The van der Waals surface area contributed by atoms with Crippen molar-refractivity contribution in [3.63, 3.8) is 0 Å². The van der Waals surface area contributed by atoms with Crippen LogP contribution in [0.5, 0.6) is 0 Å². The number of anilines is 1. The van der Waals surface area contributed by atoms with Gasteiger partial charge in [-0.2, -0.15) is 0 Å². The molecule has 1 aliphatic rings. The van der Waals surface area contributed by atoms with Gasteiger partial charge in [0.1, 0.15) is 6.42 Å². The number of carbonyl (C=O) groups excluding carboxylic acids is 2. The van der Waals surface area contributed by atoms with Crippen LogP contribution >= 0.6 is 23.2 Å². The van der Waals surface area contributed by atoms with Crippen LogP contribution < -0.4 is 5.32 Å². The molecule has 1 saturated heterocycles. The van der Waals surface area contributed by atoms with E-state index in [0.717, 1.165) is 13.1 Å². The first-order valence-corrected chi connectivity index (χ1v) is 7.43. The van der Waals surface area contributed by atoms with E-state index in [4.69, 9.17) is 23.2 Å². The molecule has 0 spiro atoms. The molecule has 1 aliphatic heterocycles. The second-order valence-corrected chi connectivity index (χ2v) is 5.80. The summed E-state index contributed by atoms with van der Waals surface area (Å²) in [7, 11) is 2.01. The Morgan fingerprint density at radius 2 is 1.86 bits per heavy atom. The zero-order valence-electron chi connectivity index (χ0n) is 11.7. The SMILES string of the molecule is CN1CCN(C(=O)CC(=O)Nc2cccc(Cl)c2Cl)CC1. The maximum atomic E-state index is 12.0. The molecule has 7 heteroatoms. The first-order valence-electron chi connectivity index (χ1n) is 6.67. The Balaban J connectivity index is 1.89. The molecule has 0 bridgehead atoms. The molecular weight excluding hydrogens is 313 g/mol. The topological polar surface area (TPSA) is 52.7 Å². The molecule has 0 atom stereocenters. The summed E-state index contributed by atoms with van der Waals surface area (Å²) in [5, 5.41) is 3.25. The molecular formula is C14H17Cl2N3O2. The van der Waals surface area contributed by atoms with Crippen LogP contribution in [0.1, 0.15) is 6.42 Å². The summed E-state index contributed by atoms with van der Waals surface area (Å²) in [6, 6.07) is 4.97. The molecule has 0 aliphatic carbocycles. The van der Waals surface area contributed by atoms with Gasteiger partial charge in [0.05, 0.1) is 15.7 Å². The van der Waals surface area contributed by atoms with Gasteiger partial charge in [-0.15, -0.1) is 0 Å². The second-order valence-electron chi connectivity index (χ2n) is 5.01. The van der Waals surface area contributed by atoms with Gasteiger partial charge in [-0.05, 0) is 19.2 Å². The maximum Gasteiger partial charge on any atom is 0.233 e. The minimum Gasteiger partial charge on any atom is -0.340 e. The van der Waals surface area contributed by atoms with Gasteiger partial charge in [-0.1, -0.05) is 29.3 Å². The van der Waals surface area contributed by atoms with E-state index in [9.17, 15) is 9.59 Å². The average Bonchev–Trinajstić information content (AvgIpc) is 2.44. The van der Waals surface area contributed by atoms with Gasteiger partial charge in [0.25, 0.3) is 0 Å². The Labute approximate surface area is 133 Å². The number of nitrogens with zero attached hydrogens (tertiary/aromatic N) is 2. The minimum atomic E-state index is -0.386. The monoisotopic (exact) mass is 329 g/mol. The Morgan fingerprint density at radius 3 is 2.52 bits per heavy atom. The third-order valence-corrected chi connectivity index (χ3v) is 4.21. The number of amides is 2. The summed E-state index contributed by atoms with van der Waals surface area (Å²) >= 11 is 11.9. The third-order valence-electron chi connectivity index (χ3n) is 3.39. The Bertz CT molecular complexity index is 543. The molecule has 1 aromatic carbocycles. The van der Waals surface area contributed by atoms with Gasteiger partial charge < -0.3 is 15.1 Å². The summed E-state index contributed by atoms with van der Waals surface area (Å²) in [4.78, 5) is 27.8. The first kappa shape index (κ1) is 16.1. The lowest BCUT2D eigenvalue weighted by molar-refractivity contribution is -0.135. The number of carbonyl (C=O) groups is 2. The Kier molecular flexibility index (Phi) is 5.45. The number of hydrogen-bond donors (Lipinski definition) is 1. The van der Waals surface area contributed by atoms with Crippen LogP contribution in [0.15, 0.2) is 18.2 Å². The van der Waals surface area contributed by atoms with Crippen molar-refractivity contribution < 1.29 is 9.59 Å². The molecule has 1 heterocycles. The number of piperazine rings is 1. The smallest absolute Gasteiger partial charge is 0.233 e. The van der Waals surface area contributed by atoms with Crippen molar-refractivity contribution in [1.29, 1.82) is 0 Å². The molecule has 114 valence electrons. The van der Waals surface area contributed by atoms with Crippen molar-refractivity contribution in [2.75, 3.05) is 38.5 Å². The van der Waals surface area contributed by atoms with E-state index >= 15 is 0 Å². The first-order chi connectivity index (χ1) is 9.97. The fraction of sp³-hybridized carbons (Fsp3) is 0.429. The average molecular weight is 330 g/mol. The van der Waals surface area contributed by atoms with Gasteiger partial charge in [0.15, 0.2) is 0 Å². The third kappa shape index (κ3) is 4.33. The standard InChI is InChI=1S/C14H17Cl2N3O2/c1-18-5-7-19(8-6-18)13(21)9-12(20)17-11-4-2-3-10(15)14(11)16/h2-4H,5-9H2,1H3,(H,17,20). The summed E-state index contributed by atoms with van der Waals surface area (Å²) in [6.07, 6.45) is -0.188. The van der Waals surface area contributed by atoms with Crippen LogP contribution in [-0.4, -0.2) is 54.8 Å². The van der Waals surface area contributed by atoms with Gasteiger partial charge in [-0.3, -0.25) is 9.59 Å². The highest BCUT2D eigenvalue weighted by atomic mass is 35.5. The molecule has 21 heavy (non-hydrogen) atoms. The molecule has 1 aromatic rings. The van der Waals surface area contributed by atoms with E-state index in [0.29, 0.717) is 23.8 Å². The van der Waals surface area contributed by atoms with E-state index < -0.39 is 0 Å². The molecule has 1 N–H and O–H groups in total. The largest absolute Gasteiger partial charge is 0.340 e. The van der Waals surface area contributed by atoms with E-state index in [1.54, 1.807) is 23.1 Å². The van der Waals surface area contributed by atoms with Crippen LogP contribution in [0, 0.1) is 0 Å². The summed E-state index contributed by atoms with van der Waals surface area (Å²) < 4.78 is 0. The van der Waals surface area contributed by atoms with E-state index in [-0.39, 0.29) is 23.3 Å². The van der Waals surface area contributed by atoms with Crippen LogP contribution in [0.2, 0.25) is 10.0 Å². The lowest BCUT2D eigenvalue weighted by Crippen LogP contribution is -2.47. The van der Waals surface area contributed by atoms with E-state index in [1.807, 2.05) is 7.05 Å². The number of rotatable bonds is 3. The maximum absolute atomic E-state index is 12.0. The van der Waals surface area contributed by atoms with Crippen molar-refractivity contribution in [1.82, 2.24) is 9.80 Å². The van der Waals surface area contributed by atoms with E-state index in [2.05, 4.69) is 10.2 Å². The fourth-order valence-electron chi connectivity index (χ4n) is 2.10. The fourth-order valence-corrected chi connectivity index (χ4v) is 2.45. The van der Waals surface area contributed by atoms with Gasteiger partial charge in [0, 0.05) is 26.2 Å². The van der Waals surface area contributed by atoms with Gasteiger partial charge in [0.2, 0.25) is 11.8 Å². The molecule has 2 amide bonds. The summed E-state index contributed by atoms with van der Waals surface area (Å²) in [5.74, 6) is -0.554.